The molecule has 0 atom stereocenters. The molecule has 22 heavy (non-hydrogen) atoms. The van der Waals surface area contributed by atoms with Gasteiger partial charge >= 0.3 is 0 Å². The minimum Gasteiger partial charge on any atom is -0.439 e. The quantitative estimate of drug-likeness (QED) is 0.682. The molecule has 0 aliphatic carbocycles. The van der Waals surface area contributed by atoms with Crippen LogP contribution in [0.15, 0.2) is 42.6 Å². The lowest BCUT2D eigenvalue weighted by atomic mass is 10.2. The number of aromatic nitrogens is 2. The molecule has 1 N–H and O–H groups in total. The van der Waals surface area contributed by atoms with Gasteiger partial charge in [-0.25, -0.2) is 4.98 Å². The summed E-state index contributed by atoms with van der Waals surface area (Å²) in [7, 11) is 0. The van der Waals surface area contributed by atoms with Gasteiger partial charge in [0.05, 0.1) is 0 Å². The van der Waals surface area contributed by atoms with E-state index in [1.54, 1.807) is 12.3 Å². The Balaban J connectivity index is 1.72. The van der Waals surface area contributed by atoms with Crippen LogP contribution >= 0.6 is 0 Å². The van der Waals surface area contributed by atoms with Crippen molar-refractivity contribution in [1.82, 2.24) is 9.97 Å². The molecule has 5 heteroatoms. The van der Waals surface area contributed by atoms with Crippen molar-refractivity contribution in [3.8, 4) is 11.6 Å². The van der Waals surface area contributed by atoms with E-state index in [-0.39, 0.29) is 6.61 Å². The highest BCUT2D eigenvalue weighted by Gasteiger charge is 2.02. The summed E-state index contributed by atoms with van der Waals surface area (Å²) in [6.07, 6.45) is 5.63. The van der Waals surface area contributed by atoms with Gasteiger partial charge in [0.15, 0.2) is 5.82 Å². The van der Waals surface area contributed by atoms with E-state index in [9.17, 15) is 0 Å². The van der Waals surface area contributed by atoms with Crippen molar-refractivity contribution in [2.24, 2.45) is 0 Å². The van der Waals surface area contributed by atoms with E-state index >= 15 is 0 Å². The number of hydrogen-bond donors (Lipinski definition) is 1. The zero-order chi connectivity index (χ0) is 15.5. The SMILES string of the molecule is OCCCCCCOCc1nccc(Oc2ccccc2)n1. The van der Waals surface area contributed by atoms with Gasteiger partial charge in [-0.3, -0.25) is 0 Å². The maximum atomic E-state index is 8.69. The maximum Gasteiger partial charge on any atom is 0.222 e. The number of aliphatic hydroxyl groups is 1. The van der Waals surface area contributed by atoms with Crippen LogP contribution in [0.1, 0.15) is 31.5 Å². The number of unbranched alkanes of at least 4 members (excludes halogenated alkanes) is 3. The molecule has 118 valence electrons. The second kappa shape index (κ2) is 9.87. The Hall–Kier alpha value is -1.98. The van der Waals surface area contributed by atoms with Gasteiger partial charge < -0.3 is 14.6 Å². The highest BCUT2D eigenvalue weighted by atomic mass is 16.5. The Labute approximate surface area is 131 Å². The van der Waals surface area contributed by atoms with Crippen LogP contribution in [0.5, 0.6) is 11.6 Å². The summed E-state index contributed by atoms with van der Waals surface area (Å²) in [4.78, 5) is 8.50. The molecule has 0 saturated heterocycles. The zero-order valence-electron chi connectivity index (χ0n) is 12.6. The van der Waals surface area contributed by atoms with Crippen LogP contribution in [0.25, 0.3) is 0 Å². The molecule has 0 amide bonds. The molecule has 0 aliphatic rings. The van der Waals surface area contributed by atoms with Gasteiger partial charge in [-0.15, -0.1) is 0 Å². The highest BCUT2D eigenvalue weighted by Crippen LogP contribution is 2.18. The third-order valence-corrected chi connectivity index (χ3v) is 3.07. The summed E-state index contributed by atoms with van der Waals surface area (Å²) in [6.45, 7) is 1.33. The first-order valence-electron chi connectivity index (χ1n) is 7.62. The van der Waals surface area contributed by atoms with Crippen molar-refractivity contribution in [3.05, 3.63) is 48.4 Å². The molecule has 0 radical (unpaired) electrons. The molecule has 1 aromatic carbocycles. The summed E-state index contributed by atoms with van der Waals surface area (Å²) in [5, 5.41) is 8.69. The fraction of sp³-hybridized carbons (Fsp3) is 0.412. The summed E-state index contributed by atoms with van der Waals surface area (Å²) >= 11 is 0. The molecule has 0 fully saturated rings. The van der Waals surface area contributed by atoms with E-state index in [2.05, 4.69) is 9.97 Å². The second-order valence-electron chi connectivity index (χ2n) is 4.92. The number of aliphatic hydroxyl groups excluding tert-OH is 1. The average Bonchev–Trinajstić information content (AvgIpc) is 2.55. The Kier molecular flexibility index (Phi) is 7.35. The van der Waals surface area contributed by atoms with Gasteiger partial charge in [0.2, 0.25) is 5.88 Å². The van der Waals surface area contributed by atoms with E-state index in [1.807, 2.05) is 30.3 Å². The first-order valence-corrected chi connectivity index (χ1v) is 7.62. The molecule has 0 unspecified atom stereocenters. The van der Waals surface area contributed by atoms with E-state index < -0.39 is 0 Å². The average molecular weight is 302 g/mol. The summed E-state index contributed by atoms with van der Waals surface area (Å²) in [5.74, 6) is 1.88. The molecule has 2 rings (SSSR count). The number of ether oxygens (including phenoxy) is 2. The maximum absolute atomic E-state index is 8.69. The Bertz CT molecular complexity index is 534. The van der Waals surface area contributed by atoms with E-state index in [4.69, 9.17) is 14.6 Å². The van der Waals surface area contributed by atoms with Crippen LogP contribution in [0.3, 0.4) is 0 Å². The second-order valence-corrected chi connectivity index (χ2v) is 4.92. The van der Waals surface area contributed by atoms with Gasteiger partial charge in [-0.2, -0.15) is 4.98 Å². The molecule has 0 bridgehead atoms. The van der Waals surface area contributed by atoms with E-state index in [1.165, 1.54) is 0 Å². The molecule has 0 spiro atoms. The van der Waals surface area contributed by atoms with Crippen LogP contribution in [0, 0.1) is 0 Å². The summed E-state index contributed by atoms with van der Waals surface area (Å²) in [6, 6.07) is 11.3. The highest BCUT2D eigenvalue weighted by molar-refractivity contribution is 5.25. The van der Waals surface area contributed by atoms with Crippen LogP contribution in [0.2, 0.25) is 0 Å². The van der Waals surface area contributed by atoms with Gasteiger partial charge in [-0.05, 0) is 25.0 Å². The smallest absolute Gasteiger partial charge is 0.222 e. The third kappa shape index (κ3) is 6.20. The number of nitrogens with zero attached hydrogens (tertiary/aromatic N) is 2. The van der Waals surface area contributed by atoms with Crippen LogP contribution in [-0.2, 0) is 11.3 Å². The summed E-state index contributed by atoms with van der Waals surface area (Å²) < 4.78 is 11.2. The Morgan fingerprint density at radius 3 is 2.59 bits per heavy atom. The van der Waals surface area contributed by atoms with Crippen molar-refractivity contribution in [1.29, 1.82) is 0 Å². The standard InChI is InChI=1S/C17H22N2O3/c20-12-6-1-2-7-13-21-14-16-18-11-10-17(19-16)22-15-8-4-3-5-9-15/h3-5,8-11,20H,1-2,6-7,12-14H2. The molecule has 0 saturated carbocycles. The van der Waals surface area contributed by atoms with E-state index in [0.717, 1.165) is 31.4 Å². The molecule has 1 aromatic heterocycles. The van der Waals surface area contributed by atoms with Gasteiger partial charge in [0.1, 0.15) is 12.4 Å². The lowest BCUT2D eigenvalue weighted by molar-refractivity contribution is 0.110. The summed E-state index contributed by atoms with van der Waals surface area (Å²) in [5.41, 5.74) is 0. The van der Waals surface area contributed by atoms with E-state index in [0.29, 0.717) is 24.9 Å². The Morgan fingerprint density at radius 1 is 0.955 bits per heavy atom. The van der Waals surface area contributed by atoms with Crippen molar-refractivity contribution in [3.63, 3.8) is 0 Å². The fourth-order valence-electron chi connectivity index (χ4n) is 1.95. The molecule has 0 aliphatic heterocycles. The van der Waals surface area contributed by atoms with Crippen LogP contribution in [0.4, 0.5) is 0 Å². The first-order chi connectivity index (χ1) is 10.9. The minimum absolute atomic E-state index is 0.267. The van der Waals surface area contributed by atoms with Gasteiger partial charge in [0, 0.05) is 25.5 Å². The lowest BCUT2D eigenvalue weighted by Crippen LogP contribution is -2.01. The van der Waals surface area contributed by atoms with Gasteiger partial charge in [-0.1, -0.05) is 31.0 Å². The zero-order valence-corrected chi connectivity index (χ0v) is 12.6. The van der Waals surface area contributed by atoms with Crippen molar-refractivity contribution in [2.45, 2.75) is 32.3 Å². The number of hydrogen-bond acceptors (Lipinski definition) is 5. The molecule has 1 heterocycles. The Morgan fingerprint density at radius 2 is 1.77 bits per heavy atom. The predicted octanol–water partition coefficient (Wildman–Crippen LogP) is 3.34. The topological polar surface area (TPSA) is 64.5 Å². The molecule has 2 aromatic rings. The monoisotopic (exact) mass is 302 g/mol. The number of rotatable bonds is 10. The molecule has 5 nitrogen and oxygen atoms in total. The largest absolute Gasteiger partial charge is 0.439 e. The van der Waals surface area contributed by atoms with Gasteiger partial charge in [0.25, 0.3) is 0 Å². The van der Waals surface area contributed by atoms with Crippen LogP contribution in [-0.4, -0.2) is 28.3 Å². The lowest BCUT2D eigenvalue weighted by Gasteiger charge is -2.06. The fourth-order valence-corrected chi connectivity index (χ4v) is 1.95. The predicted molar refractivity (Wildman–Crippen MR) is 83.8 cm³/mol. The number of para-hydroxylation sites is 1. The van der Waals surface area contributed by atoms with Crippen molar-refractivity contribution >= 4 is 0 Å². The number of benzene rings is 1. The molecular formula is C17H22N2O3. The van der Waals surface area contributed by atoms with Crippen molar-refractivity contribution in [2.75, 3.05) is 13.2 Å². The molecular weight excluding hydrogens is 280 g/mol. The minimum atomic E-state index is 0.267. The first kappa shape index (κ1) is 16.4. The third-order valence-electron chi connectivity index (χ3n) is 3.07. The normalized spacial score (nSPS) is 10.6. The van der Waals surface area contributed by atoms with Crippen LogP contribution < -0.4 is 4.74 Å². The van der Waals surface area contributed by atoms with Crippen molar-refractivity contribution < 1.29 is 14.6 Å².